The molecular formula is C24H22N2O5. The van der Waals surface area contributed by atoms with Crippen molar-refractivity contribution in [3.8, 4) is 22.8 Å². The topological polar surface area (TPSA) is 86.8 Å². The first-order chi connectivity index (χ1) is 15.0. The molecular weight excluding hydrogens is 396 g/mol. The third kappa shape index (κ3) is 3.66. The van der Waals surface area contributed by atoms with Crippen LogP contribution in [0.2, 0.25) is 0 Å². The number of fused-ring (bicyclic) bond motifs is 1. The van der Waals surface area contributed by atoms with Crippen molar-refractivity contribution in [3.63, 3.8) is 0 Å². The number of rotatable bonds is 7. The van der Waals surface area contributed by atoms with Crippen molar-refractivity contribution in [1.29, 1.82) is 0 Å². The van der Waals surface area contributed by atoms with Gasteiger partial charge in [-0.3, -0.25) is 10.1 Å². The monoisotopic (exact) mass is 418 g/mol. The molecule has 3 aromatic carbocycles. The number of methoxy groups -OCH3 is 2. The van der Waals surface area contributed by atoms with Gasteiger partial charge in [-0.1, -0.05) is 54.6 Å². The predicted molar refractivity (Wildman–Crippen MR) is 118 cm³/mol. The van der Waals surface area contributed by atoms with Crippen molar-refractivity contribution in [2.45, 2.75) is 5.92 Å². The van der Waals surface area contributed by atoms with Crippen molar-refractivity contribution >= 4 is 10.9 Å². The highest BCUT2D eigenvalue weighted by atomic mass is 16.6. The van der Waals surface area contributed by atoms with E-state index in [1.54, 1.807) is 31.4 Å². The number of ether oxygens (including phenoxy) is 2. The molecule has 1 heterocycles. The van der Waals surface area contributed by atoms with Crippen LogP contribution in [0.4, 0.5) is 0 Å². The summed E-state index contributed by atoms with van der Waals surface area (Å²) in [6.45, 7) is -0.365. The van der Waals surface area contributed by atoms with E-state index in [2.05, 4.69) is 0 Å². The average molecular weight is 418 g/mol. The Bertz CT molecular complexity index is 1230. The van der Waals surface area contributed by atoms with Crippen LogP contribution in [0.3, 0.4) is 0 Å². The lowest BCUT2D eigenvalue weighted by molar-refractivity contribution is -0.481. The van der Waals surface area contributed by atoms with E-state index in [9.17, 15) is 15.3 Å². The molecule has 31 heavy (non-hydrogen) atoms. The zero-order valence-electron chi connectivity index (χ0n) is 17.2. The molecule has 0 amide bonds. The van der Waals surface area contributed by atoms with Gasteiger partial charge in [-0.25, -0.2) is 0 Å². The first kappa shape index (κ1) is 20.3. The van der Waals surface area contributed by atoms with Crippen LogP contribution in [0, 0.1) is 10.1 Å². The molecule has 0 bridgehead atoms. The Balaban J connectivity index is 2.05. The van der Waals surface area contributed by atoms with E-state index >= 15 is 0 Å². The molecule has 0 radical (unpaired) electrons. The van der Waals surface area contributed by atoms with E-state index in [-0.39, 0.29) is 11.5 Å². The quantitative estimate of drug-likeness (QED) is 0.260. The van der Waals surface area contributed by atoms with Gasteiger partial charge in [-0.15, -0.1) is 0 Å². The Morgan fingerprint density at radius 2 is 1.71 bits per heavy atom. The van der Waals surface area contributed by atoms with Gasteiger partial charge in [-0.2, -0.15) is 4.73 Å². The Morgan fingerprint density at radius 3 is 2.39 bits per heavy atom. The van der Waals surface area contributed by atoms with E-state index in [0.29, 0.717) is 33.8 Å². The molecule has 0 saturated heterocycles. The Labute approximate surface area is 179 Å². The van der Waals surface area contributed by atoms with Crippen LogP contribution in [0.25, 0.3) is 22.2 Å². The van der Waals surface area contributed by atoms with E-state index < -0.39 is 5.92 Å². The fraction of sp³-hybridized carbons (Fsp3) is 0.167. The van der Waals surface area contributed by atoms with Crippen LogP contribution in [-0.2, 0) is 0 Å². The zero-order valence-corrected chi connectivity index (χ0v) is 17.2. The van der Waals surface area contributed by atoms with Gasteiger partial charge in [0, 0.05) is 33.1 Å². The average Bonchev–Trinajstić information content (AvgIpc) is 3.10. The Hall–Kier alpha value is -4.00. The molecule has 0 fully saturated rings. The third-order valence-corrected chi connectivity index (χ3v) is 5.43. The zero-order chi connectivity index (χ0) is 22.0. The molecule has 158 valence electrons. The largest absolute Gasteiger partial charge is 0.497 e. The number of nitro groups is 1. The number of benzene rings is 3. The molecule has 7 nitrogen and oxygen atoms in total. The smallest absolute Gasteiger partial charge is 0.214 e. The highest BCUT2D eigenvalue weighted by Gasteiger charge is 2.31. The van der Waals surface area contributed by atoms with Crippen LogP contribution >= 0.6 is 0 Å². The summed E-state index contributed by atoms with van der Waals surface area (Å²) in [5.74, 6) is 0.415. The van der Waals surface area contributed by atoms with Gasteiger partial charge in [-0.05, 0) is 12.1 Å². The van der Waals surface area contributed by atoms with Crippen molar-refractivity contribution in [2.75, 3.05) is 20.8 Å². The van der Waals surface area contributed by atoms with Crippen LogP contribution in [0.15, 0.2) is 72.8 Å². The minimum Gasteiger partial charge on any atom is -0.497 e. The lowest BCUT2D eigenvalue weighted by atomic mass is 9.87. The summed E-state index contributed by atoms with van der Waals surface area (Å²) in [7, 11) is 3.07. The molecule has 1 aromatic heterocycles. The maximum Gasteiger partial charge on any atom is 0.214 e. The van der Waals surface area contributed by atoms with E-state index in [1.165, 1.54) is 7.11 Å². The molecule has 4 rings (SSSR count). The Kier molecular flexibility index (Phi) is 5.49. The molecule has 1 atom stereocenters. The second-order valence-corrected chi connectivity index (χ2v) is 7.13. The fourth-order valence-corrected chi connectivity index (χ4v) is 4.08. The summed E-state index contributed by atoms with van der Waals surface area (Å²) in [6, 6.07) is 22.0. The minimum atomic E-state index is -0.663. The summed E-state index contributed by atoms with van der Waals surface area (Å²) in [6.07, 6.45) is 0. The lowest BCUT2D eigenvalue weighted by Gasteiger charge is -2.19. The minimum absolute atomic E-state index is 0.341. The normalized spacial score (nSPS) is 11.9. The van der Waals surface area contributed by atoms with Gasteiger partial charge < -0.3 is 14.7 Å². The number of para-hydroxylation sites is 1. The second kappa shape index (κ2) is 8.39. The molecule has 0 aliphatic rings. The molecule has 7 heteroatoms. The van der Waals surface area contributed by atoms with Crippen molar-refractivity contribution in [1.82, 2.24) is 4.73 Å². The molecule has 0 saturated carbocycles. The number of nitrogens with zero attached hydrogens (tertiary/aromatic N) is 2. The summed E-state index contributed by atoms with van der Waals surface area (Å²) in [5, 5.41) is 23.5. The first-order valence-electron chi connectivity index (χ1n) is 9.77. The standard InChI is InChI=1S/C24H22N2O5/c1-30-17-12-13-18(22(14-17)31-2)20(15-25(27)28)23-19-10-6-7-11-21(19)26(29)24(23)16-8-4-3-5-9-16/h3-14,20,29H,15H2,1-2H3/t20-/m0/s1. The van der Waals surface area contributed by atoms with Crippen LogP contribution in [0.1, 0.15) is 17.0 Å². The van der Waals surface area contributed by atoms with Gasteiger partial charge in [0.2, 0.25) is 6.54 Å². The number of hydrogen-bond acceptors (Lipinski definition) is 5. The maximum absolute atomic E-state index is 11.7. The van der Waals surface area contributed by atoms with Crippen molar-refractivity contribution in [2.24, 2.45) is 0 Å². The summed E-state index contributed by atoms with van der Waals surface area (Å²) in [4.78, 5) is 11.4. The van der Waals surface area contributed by atoms with Gasteiger partial charge >= 0.3 is 0 Å². The van der Waals surface area contributed by atoms with Crippen LogP contribution in [-0.4, -0.2) is 35.6 Å². The second-order valence-electron chi connectivity index (χ2n) is 7.13. The third-order valence-electron chi connectivity index (χ3n) is 5.43. The first-order valence-corrected chi connectivity index (χ1v) is 9.77. The highest BCUT2D eigenvalue weighted by molar-refractivity contribution is 5.92. The van der Waals surface area contributed by atoms with E-state index in [1.807, 2.05) is 48.5 Å². The van der Waals surface area contributed by atoms with E-state index in [0.717, 1.165) is 15.7 Å². The lowest BCUT2D eigenvalue weighted by Crippen LogP contribution is -2.16. The molecule has 0 unspecified atom stereocenters. The molecule has 4 aromatic rings. The fourth-order valence-electron chi connectivity index (χ4n) is 4.08. The summed E-state index contributed by atoms with van der Waals surface area (Å²) >= 11 is 0. The van der Waals surface area contributed by atoms with Gasteiger partial charge in [0.1, 0.15) is 11.5 Å². The maximum atomic E-state index is 11.7. The Morgan fingerprint density at radius 1 is 1.00 bits per heavy atom. The molecule has 1 N–H and O–H groups in total. The van der Waals surface area contributed by atoms with Crippen LogP contribution in [0.5, 0.6) is 11.5 Å². The molecule has 0 spiro atoms. The SMILES string of the molecule is COc1ccc([C@H](C[N+](=O)[O-])c2c(-c3ccccc3)n(O)c3ccccc23)c(OC)c1. The predicted octanol–water partition coefficient (Wildman–Crippen LogP) is 4.97. The van der Waals surface area contributed by atoms with Gasteiger partial charge in [0.25, 0.3) is 0 Å². The van der Waals surface area contributed by atoms with Crippen molar-refractivity contribution < 1.29 is 19.6 Å². The van der Waals surface area contributed by atoms with Gasteiger partial charge in [0.05, 0.1) is 31.3 Å². The summed E-state index contributed by atoms with van der Waals surface area (Å²) < 4.78 is 12.0. The summed E-state index contributed by atoms with van der Waals surface area (Å²) in [5.41, 5.74) is 3.18. The van der Waals surface area contributed by atoms with Crippen molar-refractivity contribution in [3.05, 3.63) is 94.0 Å². The highest BCUT2D eigenvalue weighted by Crippen LogP contribution is 2.43. The number of aromatic nitrogens is 1. The van der Waals surface area contributed by atoms with Crippen LogP contribution < -0.4 is 9.47 Å². The van der Waals surface area contributed by atoms with E-state index in [4.69, 9.17) is 9.47 Å². The molecule has 0 aliphatic heterocycles. The molecule has 0 aliphatic carbocycles. The number of hydrogen-bond donors (Lipinski definition) is 1. The van der Waals surface area contributed by atoms with Gasteiger partial charge in [0.15, 0.2) is 0 Å².